The predicted octanol–water partition coefficient (Wildman–Crippen LogP) is 4.92. The average molecular weight is 509 g/mol. The Labute approximate surface area is 201 Å². The number of rotatable bonds is 9. The van der Waals surface area contributed by atoms with Crippen LogP contribution < -0.4 is 4.90 Å². The third kappa shape index (κ3) is 5.74. The van der Waals surface area contributed by atoms with Gasteiger partial charge in [0.1, 0.15) is 5.82 Å². The minimum atomic E-state index is -3.59. The minimum absolute atomic E-state index is 0.0519. The topological polar surface area (TPSA) is 76.6 Å². The highest BCUT2D eigenvalue weighted by Gasteiger charge is 2.27. The van der Waals surface area contributed by atoms with Gasteiger partial charge in [0.2, 0.25) is 5.91 Å². The molecule has 1 unspecified atom stereocenters. The van der Waals surface area contributed by atoms with Crippen molar-refractivity contribution in [3.8, 4) is 0 Å². The lowest BCUT2D eigenvalue weighted by molar-refractivity contribution is -0.119. The van der Waals surface area contributed by atoms with E-state index in [1.807, 2.05) is 24.5 Å². The number of para-hydroxylation sites is 1. The molecule has 0 N–H and O–H groups in total. The number of halogens is 1. The van der Waals surface area contributed by atoms with E-state index in [0.29, 0.717) is 18.3 Å². The number of nitrogens with zero attached hydrogens (tertiary/aromatic N) is 2. The summed E-state index contributed by atoms with van der Waals surface area (Å²) in [7, 11) is -3.59. The van der Waals surface area contributed by atoms with Crippen molar-refractivity contribution in [2.75, 3.05) is 30.1 Å². The number of benzene rings is 2. The summed E-state index contributed by atoms with van der Waals surface area (Å²) in [4.78, 5) is 20.7. The number of sulfone groups is 1. The second-order valence-corrected chi connectivity index (χ2v) is 11.8. The predicted molar refractivity (Wildman–Crippen MR) is 130 cm³/mol. The van der Waals surface area contributed by atoms with E-state index in [0.717, 1.165) is 40.1 Å². The zero-order chi connectivity index (χ0) is 23.4. The molecule has 4 rings (SSSR count). The summed E-state index contributed by atoms with van der Waals surface area (Å²) in [6.07, 6.45) is 4.01. The molecule has 0 aliphatic carbocycles. The Morgan fingerprint density at radius 3 is 2.76 bits per heavy atom. The van der Waals surface area contributed by atoms with E-state index in [1.165, 1.54) is 23.5 Å². The van der Waals surface area contributed by atoms with E-state index < -0.39 is 15.7 Å². The molecular formula is C23H25FN2O4S3. The summed E-state index contributed by atoms with van der Waals surface area (Å²) >= 11 is 3.06. The van der Waals surface area contributed by atoms with Crippen molar-refractivity contribution in [2.45, 2.75) is 41.6 Å². The standard InChI is InChI=1S/C23H25FN2O4S3/c1-31-19-6-2-7-20-22(19)25-23(32-20)26(15-17-5-3-13-30-17)21(27)8-4-14-33(28,29)18-11-9-16(24)10-12-18/h2,6-7,9-12,17H,3-5,8,13-15H2,1H3. The Morgan fingerprint density at radius 2 is 2.06 bits per heavy atom. The van der Waals surface area contributed by atoms with E-state index in [1.54, 1.807) is 16.7 Å². The molecule has 0 radical (unpaired) electrons. The fourth-order valence-electron chi connectivity index (χ4n) is 3.78. The summed E-state index contributed by atoms with van der Waals surface area (Å²) in [5, 5.41) is 0.605. The lowest BCUT2D eigenvalue weighted by Crippen LogP contribution is -2.37. The van der Waals surface area contributed by atoms with E-state index >= 15 is 0 Å². The van der Waals surface area contributed by atoms with Crippen LogP contribution in [0.2, 0.25) is 0 Å². The number of hydrogen-bond acceptors (Lipinski definition) is 7. The van der Waals surface area contributed by atoms with E-state index in [9.17, 15) is 17.6 Å². The summed E-state index contributed by atoms with van der Waals surface area (Å²) in [5.41, 5.74) is 0.869. The molecule has 2 heterocycles. The highest BCUT2D eigenvalue weighted by Crippen LogP contribution is 2.35. The molecule has 1 aliphatic heterocycles. The van der Waals surface area contributed by atoms with Crippen molar-refractivity contribution in [3.05, 3.63) is 48.3 Å². The highest BCUT2D eigenvalue weighted by molar-refractivity contribution is 7.98. The van der Waals surface area contributed by atoms with Gasteiger partial charge in [-0.3, -0.25) is 9.69 Å². The zero-order valence-electron chi connectivity index (χ0n) is 18.2. The molecular weight excluding hydrogens is 483 g/mol. The number of anilines is 1. The molecule has 176 valence electrons. The van der Waals surface area contributed by atoms with Crippen molar-refractivity contribution >= 4 is 54.2 Å². The minimum Gasteiger partial charge on any atom is -0.376 e. The number of aromatic nitrogens is 1. The van der Waals surface area contributed by atoms with Crippen LogP contribution in [0.3, 0.4) is 0 Å². The molecule has 1 amide bonds. The zero-order valence-corrected chi connectivity index (χ0v) is 20.6. The maximum Gasteiger partial charge on any atom is 0.228 e. The van der Waals surface area contributed by atoms with Crippen LogP contribution in [0.25, 0.3) is 10.2 Å². The Balaban J connectivity index is 1.50. The number of carbonyl (C=O) groups is 1. The molecule has 0 spiro atoms. The van der Waals surface area contributed by atoms with Crippen molar-refractivity contribution in [3.63, 3.8) is 0 Å². The molecule has 2 aromatic carbocycles. The smallest absolute Gasteiger partial charge is 0.228 e. The maximum absolute atomic E-state index is 13.2. The fourth-order valence-corrected chi connectivity index (χ4v) is 6.74. The van der Waals surface area contributed by atoms with Gasteiger partial charge in [-0.05, 0) is 61.9 Å². The van der Waals surface area contributed by atoms with Gasteiger partial charge in [0.05, 0.1) is 33.5 Å². The van der Waals surface area contributed by atoms with E-state index in [4.69, 9.17) is 9.72 Å². The van der Waals surface area contributed by atoms with Gasteiger partial charge in [0.25, 0.3) is 0 Å². The first-order valence-corrected chi connectivity index (χ1v) is 14.4. The van der Waals surface area contributed by atoms with Crippen LogP contribution in [-0.4, -0.2) is 50.6 Å². The first-order chi connectivity index (χ1) is 15.9. The summed E-state index contributed by atoms with van der Waals surface area (Å²) < 4.78 is 45.0. The van der Waals surface area contributed by atoms with Crippen LogP contribution in [0.1, 0.15) is 25.7 Å². The third-order valence-electron chi connectivity index (χ3n) is 5.51. The Kier molecular flexibility index (Phi) is 7.68. The number of amides is 1. The van der Waals surface area contributed by atoms with Crippen molar-refractivity contribution < 1.29 is 22.3 Å². The molecule has 10 heteroatoms. The third-order valence-corrected chi connectivity index (χ3v) is 9.14. The number of thioether (sulfide) groups is 1. The molecule has 1 saturated heterocycles. The van der Waals surface area contributed by atoms with Crippen LogP contribution in [0, 0.1) is 5.82 Å². The maximum atomic E-state index is 13.2. The molecule has 33 heavy (non-hydrogen) atoms. The second kappa shape index (κ2) is 10.5. The van der Waals surface area contributed by atoms with Gasteiger partial charge in [0, 0.05) is 17.9 Å². The lowest BCUT2D eigenvalue weighted by atomic mass is 10.2. The molecule has 1 fully saturated rings. The number of carbonyl (C=O) groups excluding carboxylic acids is 1. The Morgan fingerprint density at radius 1 is 1.27 bits per heavy atom. The van der Waals surface area contributed by atoms with Gasteiger partial charge >= 0.3 is 0 Å². The number of hydrogen-bond donors (Lipinski definition) is 0. The molecule has 1 aliphatic rings. The SMILES string of the molecule is CSc1cccc2sc(N(CC3CCCO3)C(=O)CCCS(=O)(=O)c3ccc(F)cc3)nc12. The van der Waals surface area contributed by atoms with E-state index in [2.05, 4.69) is 0 Å². The van der Waals surface area contributed by atoms with Gasteiger partial charge in [-0.25, -0.2) is 17.8 Å². The van der Waals surface area contributed by atoms with E-state index in [-0.39, 0.29) is 35.5 Å². The van der Waals surface area contributed by atoms with Gasteiger partial charge in [-0.1, -0.05) is 17.4 Å². The Bertz CT molecular complexity index is 1220. The van der Waals surface area contributed by atoms with Gasteiger partial charge < -0.3 is 4.74 Å². The Hall–Kier alpha value is -2.01. The molecule has 6 nitrogen and oxygen atoms in total. The largest absolute Gasteiger partial charge is 0.376 e. The van der Waals surface area contributed by atoms with Crippen LogP contribution in [0.5, 0.6) is 0 Å². The normalized spacial score (nSPS) is 16.4. The highest BCUT2D eigenvalue weighted by atomic mass is 32.2. The molecule has 1 atom stereocenters. The fraction of sp³-hybridized carbons (Fsp3) is 0.391. The number of thiazole rings is 1. The lowest BCUT2D eigenvalue weighted by Gasteiger charge is -2.23. The summed E-state index contributed by atoms with van der Waals surface area (Å²) in [6.45, 7) is 1.08. The van der Waals surface area contributed by atoms with Gasteiger partial charge in [0.15, 0.2) is 15.0 Å². The van der Waals surface area contributed by atoms with Crippen molar-refractivity contribution in [1.82, 2.24) is 4.98 Å². The molecule has 0 bridgehead atoms. The monoisotopic (exact) mass is 508 g/mol. The van der Waals surface area contributed by atoms with Crippen molar-refractivity contribution in [2.24, 2.45) is 0 Å². The van der Waals surface area contributed by atoms with Gasteiger partial charge in [-0.2, -0.15) is 0 Å². The summed E-state index contributed by atoms with van der Waals surface area (Å²) in [5.74, 6) is -0.854. The number of ether oxygens (including phenoxy) is 1. The van der Waals surface area contributed by atoms with Gasteiger partial charge in [-0.15, -0.1) is 11.8 Å². The first kappa shape index (κ1) is 24.1. The first-order valence-electron chi connectivity index (χ1n) is 10.7. The van der Waals surface area contributed by atoms with Crippen LogP contribution >= 0.6 is 23.1 Å². The van der Waals surface area contributed by atoms with Crippen LogP contribution in [0.4, 0.5) is 9.52 Å². The van der Waals surface area contributed by atoms with Crippen LogP contribution in [0.15, 0.2) is 52.3 Å². The second-order valence-electron chi connectivity index (χ2n) is 7.82. The van der Waals surface area contributed by atoms with Crippen molar-refractivity contribution in [1.29, 1.82) is 0 Å². The number of fused-ring (bicyclic) bond motifs is 1. The summed E-state index contributed by atoms with van der Waals surface area (Å²) in [6, 6.07) is 10.7. The molecule has 1 aromatic heterocycles. The average Bonchev–Trinajstić information content (AvgIpc) is 3.47. The van der Waals surface area contributed by atoms with Crippen LogP contribution in [-0.2, 0) is 19.4 Å². The quantitative estimate of drug-likeness (QED) is 0.302. The molecule has 3 aromatic rings. The molecule has 0 saturated carbocycles.